The second-order valence-corrected chi connectivity index (χ2v) is 6.98. The number of hydrogen-bond acceptors (Lipinski definition) is 4. The molecule has 1 saturated heterocycles. The molecule has 122 valence electrons. The fraction of sp³-hybridized carbons (Fsp3) is 0.588. The van der Waals surface area contributed by atoms with Crippen molar-refractivity contribution in [2.24, 2.45) is 0 Å². The van der Waals surface area contributed by atoms with Crippen molar-refractivity contribution in [1.29, 1.82) is 0 Å². The smallest absolute Gasteiger partial charge is 0.250 e. The molecule has 0 aromatic heterocycles. The Morgan fingerprint density at radius 2 is 2.23 bits per heavy atom. The minimum Gasteiger partial charge on any atom is -0.366 e. The molecule has 4 nitrogen and oxygen atoms in total. The molecular weight excluding hydrogens is 296 g/mol. The number of nitrogens with one attached hydrogen (secondary N) is 1. The van der Waals surface area contributed by atoms with E-state index in [1.165, 1.54) is 5.56 Å². The molecule has 1 amide bonds. The van der Waals surface area contributed by atoms with Crippen molar-refractivity contribution in [3.63, 3.8) is 0 Å². The summed E-state index contributed by atoms with van der Waals surface area (Å²) < 4.78 is 5.63. The van der Waals surface area contributed by atoms with Gasteiger partial charge in [-0.05, 0) is 18.2 Å². The molecule has 22 heavy (non-hydrogen) atoms. The Kier molecular flexibility index (Phi) is 7.22. The molecule has 1 heterocycles. The summed E-state index contributed by atoms with van der Waals surface area (Å²) in [5.74, 6) is 0.0195. The summed E-state index contributed by atoms with van der Waals surface area (Å²) in [6, 6.07) is 10.4. The third-order valence-corrected chi connectivity index (χ3v) is 4.98. The average Bonchev–Trinajstić information content (AvgIpc) is 2.55. The van der Waals surface area contributed by atoms with E-state index in [0.717, 1.165) is 26.1 Å². The molecule has 1 aliphatic heterocycles. The van der Waals surface area contributed by atoms with Gasteiger partial charge in [0.2, 0.25) is 5.91 Å². The van der Waals surface area contributed by atoms with Gasteiger partial charge in [-0.2, -0.15) is 11.8 Å². The van der Waals surface area contributed by atoms with Gasteiger partial charge in [0.15, 0.2) is 0 Å². The zero-order chi connectivity index (χ0) is 15.8. The van der Waals surface area contributed by atoms with Gasteiger partial charge < -0.3 is 10.1 Å². The van der Waals surface area contributed by atoms with Crippen LogP contribution in [0, 0.1) is 0 Å². The molecule has 1 aromatic rings. The first-order valence-electron chi connectivity index (χ1n) is 7.87. The maximum atomic E-state index is 12.2. The van der Waals surface area contributed by atoms with Crippen LogP contribution >= 0.6 is 11.8 Å². The number of thioether (sulfide) groups is 1. The Bertz CT molecular complexity index is 455. The molecule has 2 rings (SSSR count). The second kappa shape index (κ2) is 9.18. The summed E-state index contributed by atoms with van der Waals surface area (Å²) in [5.41, 5.74) is 1.28. The molecule has 1 N–H and O–H groups in total. The van der Waals surface area contributed by atoms with Crippen LogP contribution in [-0.2, 0) is 16.1 Å². The lowest BCUT2D eigenvalue weighted by atomic mass is 10.2. The lowest BCUT2D eigenvalue weighted by Crippen LogP contribution is -2.49. The molecule has 1 aliphatic rings. The van der Waals surface area contributed by atoms with Crippen molar-refractivity contribution in [1.82, 2.24) is 10.2 Å². The summed E-state index contributed by atoms with van der Waals surface area (Å²) in [7, 11) is 0. The standard InChI is InChI=1S/C17H26N2O2S/c1-14(22-2)8-9-18-17(20)16-13-19(10-11-21-16)12-15-6-4-3-5-7-15/h3-7,14,16H,8-13H2,1-2H3,(H,18,20)/t14-,16-/m0/s1. The Balaban J connectivity index is 1.76. The number of amides is 1. The Morgan fingerprint density at radius 3 is 2.95 bits per heavy atom. The summed E-state index contributed by atoms with van der Waals surface area (Å²) in [5, 5.41) is 3.57. The highest BCUT2D eigenvalue weighted by molar-refractivity contribution is 7.99. The quantitative estimate of drug-likeness (QED) is 0.835. The Morgan fingerprint density at radius 1 is 1.45 bits per heavy atom. The van der Waals surface area contributed by atoms with E-state index in [1.807, 2.05) is 30.0 Å². The molecule has 0 saturated carbocycles. The van der Waals surface area contributed by atoms with Crippen LogP contribution in [0.25, 0.3) is 0 Å². The normalized spacial score (nSPS) is 20.5. The fourth-order valence-corrected chi connectivity index (χ4v) is 2.83. The lowest BCUT2D eigenvalue weighted by molar-refractivity contribution is -0.138. The van der Waals surface area contributed by atoms with Gasteiger partial charge in [-0.1, -0.05) is 37.3 Å². The molecule has 0 bridgehead atoms. The zero-order valence-corrected chi connectivity index (χ0v) is 14.3. The summed E-state index contributed by atoms with van der Waals surface area (Å²) in [6.07, 6.45) is 2.74. The van der Waals surface area contributed by atoms with Gasteiger partial charge in [-0.15, -0.1) is 0 Å². The predicted molar refractivity (Wildman–Crippen MR) is 92.1 cm³/mol. The van der Waals surface area contributed by atoms with Crippen molar-refractivity contribution in [2.75, 3.05) is 32.5 Å². The average molecular weight is 322 g/mol. The van der Waals surface area contributed by atoms with Gasteiger partial charge in [-0.3, -0.25) is 9.69 Å². The van der Waals surface area contributed by atoms with E-state index in [9.17, 15) is 4.79 Å². The number of carbonyl (C=O) groups is 1. The minimum absolute atomic E-state index is 0.0195. The van der Waals surface area contributed by atoms with Gasteiger partial charge in [0, 0.05) is 31.4 Å². The van der Waals surface area contributed by atoms with Crippen LogP contribution in [0.3, 0.4) is 0 Å². The topological polar surface area (TPSA) is 41.6 Å². The summed E-state index contributed by atoms with van der Waals surface area (Å²) in [4.78, 5) is 14.5. The van der Waals surface area contributed by atoms with Gasteiger partial charge in [0.05, 0.1) is 6.61 Å². The van der Waals surface area contributed by atoms with Crippen molar-refractivity contribution in [2.45, 2.75) is 31.2 Å². The number of rotatable bonds is 7. The van der Waals surface area contributed by atoms with Crippen molar-refractivity contribution in [3.05, 3.63) is 35.9 Å². The maximum Gasteiger partial charge on any atom is 0.250 e. The van der Waals surface area contributed by atoms with Crippen LogP contribution in [0.1, 0.15) is 18.9 Å². The van der Waals surface area contributed by atoms with Crippen LogP contribution in [-0.4, -0.2) is 54.7 Å². The lowest BCUT2D eigenvalue weighted by Gasteiger charge is -2.32. The fourth-order valence-electron chi connectivity index (χ4n) is 2.48. The van der Waals surface area contributed by atoms with Crippen LogP contribution in [0.5, 0.6) is 0 Å². The third kappa shape index (κ3) is 5.63. The third-order valence-electron chi connectivity index (χ3n) is 3.94. The van der Waals surface area contributed by atoms with Crippen LogP contribution in [0.2, 0.25) is 0 Å². The highest BCUT2D eigenvalue weighted by Gasteiger charge is 2.26. The van der Waals surface area contributed by atoms with Crippen LogP contribution in [0.15, 0.2) is 30.3 Å². The molecule has 0 unspecified atom stereocenters. The molecule has 0 spiro atoms. The Labute approximate surface area is 137 Å². The molecule has 0 radical (unpaired) electrons. The van der Waals surface area contributed by atoms with Crippen molar-refractivity contribution in [3.8, 4) is 0 Å². The Hall–Kier alpha value is -1.04. The van der Waals surface area contributed by atoms with Gasteiger partial charge in [0.25, 0.3) is 0 Å². The van der Waals surface area contributed by atoms with Gasteiger partial charge >= 0.3 is 0 Å². The van der Waals surface area contributed by atoms with Crippen molar-refractivity contribution < 1.29 is 9.53 Å². The molecule has 2 atom stereocenters. The first kappa shape index (κ1) is 17.3. The van der Waals surface area contributed by atoms with E-state index in [-0.39, 0.29) is 12.0 Å². The van der Waals surface area contributed by atoms with Gasteiger partial charge in [0.1, 0.15) is 6.10 Å². The number of ether oxygens (including phenoxy) is 1. The molecule has 1 aromatic carbocycles. The van der Waals surface area contributed by atoms with E-state index in [2.05, 4.69) is 35.5 Å². The number of hydrogen-bond donors (Lipinski definition) is 1. The summed E-state index contributed by atoms with van der Waals surface area (Å²) in [6.45, 7) is 5.93. The number of benzene rings is 1. The SMILES string of the molecule is CS[C@@H](C)CCNC(=O)[C@@H]1CN(Cc2ccccc2)CCO1. The van der Waals surface area contributed by atoms with Crippen LogP contribution in [0.4, 0.5) is 0 Å². The number of nitrogens with zero attached hydrogens (tertiary/aromatic N) is 1. The van der Waals surface area contributed by atoms with Crippen molar-refractivity contribution >= 4 is 17.7 Å². The highest BCUT2D eigenvalue weighted by atomic mass is 32.2. The zero-order valence-electron chi connectivity index (χ0n) is 13.5. The summed E-state index contributed by atoms with van der Waals surface area (Å²) >= 11 is 1.82. The van der Waals surface area contributed by atoms with E-state index in [1.54, 1.807) is 0 Å². The van der Waals surface area contributed by atoms with E-state index in [0.29, 0.717) is 18.4 Å². The van der Waals surface area contributed by atoms with Gasteiger partial charge in [-0.25, -0.2) is 0 Å². The number of morpholine rings is 1. The first-order valence-corrected chi connectivity index (χ1v) is 9.16. The predicted octanol–water partition coefficient (Wildman–Crippen LogP) is 2.15. The van der Waals surface area contributed by atoms with E-state index in [4.69, 9.17) is 4.74 Å². The second-order valence-electron chi connectivity index (χ2n) is 5.71. The minimum atomic E-state index is -0.345. The molecule has 1 fully saturated rings. The van der Waals surface area contributed by atoms with E-state index < -0.39 is 0 Å². The van der Waals surface area contributed by atoms with Crippen LogP contribution < -0.4 is 5.32 Å². The first-order chi connectivity index (χ1) is 10.7. The maximum absolute atomic E-state index is 12.2. The molecule has 0 aliphatic carbocycles. The molecule has 5 heteroatoms. The number of carbonyl (C=O) groups excluding carboxylic acids is 1. The largest absolute Gasteiger partial charge is 0.366 e. The highest BCUT2D eigenvalue weighted by Crippen LogP contribution is 2.11. The molecular formula is C17H26N2O2S. The van der Waals surface area contributed by atoms with E-state index >= 15 is 0 Å². The monoisotopic (exact) mass is 322 g/mol.